The Morgan fingerprint density at radius 3 is 2.72 bits per heavy atom. The third kappa shape index (κ3) is 2.03. The molecule has 4 aliphatic rings. The number of fused-ring (bicyclic) bond motifs is 5. The summed E-state index contributed by atoms with van der Waals surface area (Å²) in [6.07, 6.45) is 5.30. The molecule has 0 aliphatic heterocycles. The topological polar surface area (TPSA) is 37.3 Å². The van der Waals surface area contributed by atoms with Crippen LogP contribution in [0.2, 0.25) is 0 Å². The lowest BCUT2D eigenvalue weighted by Gasteiger charge is -2.62. The van der Waals surface area contributed by atoms with E-state index in [1.54, 1.807) is 19.1 Å². The number of carbonyl (C=O) groups excluding carboxylic acids is 1. The highest BCUT2D eigenvalue weighted by Gasteiger charge is 2.71. The fourth-order valence-corrected chi connectivity index (χ4v) is 7.18. The van der Waals surface area contributed by atoms with Crippen molar-refractivity contribution >= 4 is 17.7 Å². The number of aliphatic hydroxyl groups is 1. The molecule has 3 saturated carbocycles. The van der Waals surface area contributed by atoms with E-state index < -0.39 is 34.7 Å². The van der Waals surface area contributed by atoms with E-state index in [-0.39, 0.29) is 29.8 Å². The number of halogens is 2. The average molecular weight is 368 g/mol. The van der Waals surface area contributed by atoms with Crippen LogP contribution in [0.15, 0.2) is 23.8 Å². The van der Waals surface area contributed by atoms with Crippen molar-refractivity contribution in [1.29, 1.82) is 0 Å². The molecule has 0 spiro atoms. The highest BCUT2D eigenvalue weighted by Crippen LogP contribution is 2.69. The molecule has 0 radical (unpaired) electrons. The number of allylic oxidation sites excluding steroid dienone is 4. The molecule has 0 amide bonds. The lowest BCUT2D eigenvalue weighted by Crippen LogP contribution is -2.68. The Morgan fingerprint density at radius 1 is 1.32 bits per heavy atom. The Hall–Kier alpha value is -0.680. The van der Waals surface area contributed by atoms with E-state index in [0.717, 1.165) is 0 Å². The molecule has 4 rings (SSSR count). The van der Waals surface area contributed by atoms with Crippen molar-refractivity contribution in [3.8, 4) is 0 Å². The third-order valence-corrected chi connectivity index (χ3v) is 8.28. The molecule has 0 heterocycles. The first-order valence-corrected chi connectivity index (χ1v) is 9.73. The van der Waals surface area contributed by atoms with Crippen LogP contribution in [0.1, 0.15) is 46.0 Å². The number of rotatable bonds is 1. The first-order chi connectivity index (χ1) is 11.7. The fourth-order valence-electron chi connectivity index (χ4n) is 6.76. The van der Waals surface area contributed by atoms with Gasteiger partial charge in [-0.1, -0.05) is 25.2 Å². The van der Waals surface area contributed by atoms with Gasteiger partial charge in [-0.15, -0.1) is 12.6 Å². The molecule has 8 atom stereocenters. The van der Waals surface area contributed by atoms with E-state index in [9.17, 15) is 9.90 Å². The SMILES string of the molecule is CC12CC(O)[C@@]3(F)C(C[C@H](F)C4=CCC=CC43C)C1CCC2C(=O)S. The van der Waals surface area contributed by atoms with Gasteiger partial charge in [-0.25, -0.2) is 8.78 Å². The van der Waals surface area contributed by atoms with Gasteiger partial charge in [-0.2, -0.15) is 0 Å². The van der Waals surface area contributed by atoms with Crippen LogP contribution in [0.3, 0.4) is 0 Å². The summed E-state index contributed by atoms with van der Waals surface area (Å²) in [5, 5.41) is 10.8. The standard InChI is InChI=1S/C20H26F2O2S/c1-18-10-16(23)20(22)14(11(18)6-7-13(18)17(24)25)9-15(21)12-5-3-4-8-19(12,20)2/h4-5,8,11,13-16,23H,3,6-7,9-10H2,1-2H3,(H,24,25)/t11?,13?,14?,15-,16?,18?,19?,20-/m0/s1. The van der Waals surface area contributed by atoms with Gasteiger partial charge in [-0.05, 0) is 55.9 Å². The van der Waals surface area contributed by atoms with Crippen LogP contribution < -0.4 is 0 Å². The van der Waals surface area contributed by atoms with Crippen molar-refractivity contribution in [3.05, 3.63) is 23.8 Å². The summed E-state index contributed by atoms with van der Waals surface area (Å²) in [6, 6.07) is 0. The van der Waals surface area contributed by atoms with Crippen LogP contribution in [0.4, 0.5) is 8.78 Å². The van der Waals surface area contributed by atoms with Gasteiger partial charge in [0.05, 0.1) is 6.10 Å². The van der Waals surface area contributed by atoms with Crippen molar-refractivity contribution in [1.82, 2.24) is 0 Å². The summed E-state index contributed by atoms with van der Waals surface area (Å²) >= 11 is 4.03. The second-order valence-electron chi connectivity index (χ2n) is 8.88. The molecule has 0 aromatic heterocycles. The smallest absolute Gasteiger partial charge is 0.189 e. The maximum absolute atomic E-state index is 16.6. The maximum Gasteiger partial charge on any atom is 0.189 e. The minimum Gasteiger partial charge on any atom is -0.390 e. The molecule has 2 nitrogen and oxygen atoms in total. The Bertz CT molecular complexity index is 677. The van der Waals surface area contributed by atoms with Crippen LogP contribution >= 0.6 is 12.6 Å². The predicted molar refractivity (Wildman–Crippen MR) is 95.7 cm³/mol. The molecular formula is C20H26F2O2S. The van der Waals surface area contributed by atoms with E-state index in [0.29, 0.717) is 24.8 Å². The zero-order valence-corrected chi connectivity index (χ0v) is 15.6. The molecule has 6 unspecified atom stereocenters. The average Bonchev–Trinajstić information content (AvgIpc) is 2.87. The molecule has 4 aliphatic carbocycles. The summed E-state index contributed by atoms with van der Waals surface area (Å²) in [4.78, 5) is 12.0. The summed E-state index contributed by atoms with van der Waals surface area (Å²) in [6.45, 7) is 3.69. The van der Waals surface area contributed by atoms with E-state index >= 15 is 8.78 Å². The molecular weight excluding hydrogens is 342 g/mol. The molecule has 138 valence electrons. The molecule has 5 heteroatoms. The normalized spacial score (nSPS) is 54.3. The Labute approximate surface area is 153 Å². The van der Waals surface area contributed by atoms with Crippen molar-refractivity contribution < 1.29 is 18.7 Å². The minimum atomic E-state index is -1.89. The van der Waals surface area contributed by atoms with E-state index in [1.807, 2.05) is 13.0 Å². The predicted octanol–water partition coefficient (Wildman–Crippen LogP) is 4.20. The summed E-state index contributed by atoms with van der Waals surface area (Å²) < 4.78 is 31.7. The fraction of sp³-hybridized carbons (Fsp3) is 0.750. The first kappa shape index (κ1) is 17.7. The van der Waals surface area contributed by atoms with E-state index in [4.69, 9.17) is 0 Å². The highest BCUT2D eigenvalue weighted by molar-refractivity contribution is 7.96. The second kappa shape index (κ2) is 5.41. The lowest BCUT2D eigenvalue weighted by atomic mass is 9.45. The molecule has 25 heavy (non-hydrogen) atoms. The van der Waals surface area contributed by atoms with Crippen molar-refractivity contribution in [2.75, 3.05) is 0 Å². The number of thiol groups is 1. The van der Waals surface area contributed by atoms with Gasteiger partial charge in [0.2, 0.25) is 0 Å². The molecule has 0 aromatic rings. The maximum atomic E-state index is 16.6. The van der Waals surface area contributed by atoms with Gasteiger partial charge >= 0.3 is 0 Å². The Balaban J connectivity index is 1.83. The number of hydrogen-bond donors (Lipinski definition) is 2. The van der Waals surface area contributed by atoms with Crippen LogP contribution in [-0.4, -0.2) is 28.2 Å². The van der Waals surface area contributed by atoms with Crippen LogP contribution in [0.25, 0.3) is 0 Å². The van der Waals surface area contributed by atoms with Gasteiger partial charge in [0.15, 0.2) is 10.8 Å². The van der Waals surface area contributed by atoms with E-state index in [2.05, 4.69) is 12.6 Å². The summed E-state index contributed by atoms with van der Waals surface area (Å²) in [5.74, 6) is -0.975. The van der Waals surface area contributed by atoms with Gasteiger partial charge < -0.3 is 5.11 Å². The number of alkyl halides is 2. The van der Waals surface area contributed by atoms with E-state index in [1.165, 1.54) is 0 Å². The van der Waals surface area contributed by atoms with Gasteiger partial charge in [0.1, 0.15) is 6.17 Å². The summed E-state index contributed by atoms with van der Waals surface area (Å²) in [5.41, 5.74) is -3.03. The number of carbonyl (C=O) groups is 1. The number of aliphatic hydroxyl groups excluding tert-OH is 1. The van der Waals surface area contributed by atoms with Crippen molar-refractivity contribution in [3.63, 3.8) is 0 Å². The molecule has 0 saturated heterocycles. The van der Waals surface area contributed by atoms with Gasteiger partial charge in [0.25, 0.3) is 0 Å². The quantitative estimate of drug-likeness (QED) is 0.538. The monoisotopic (exact) mass is 368 g/mol. The minimum absolute atomic E-state index is 0.0938. The lowest BCUT2D eigenvalue weighted by molar-refractivity contribution is -0.201. The highest BCUT2D eigenvalue weighted by atomic mass is 32.1. The second-order valence-corrected chi connectivity index (χ2v) is 9.32. The molecule has 0 bridgehead atoms. The zero-order chi connectivity index (χ0) is 18.2. The molecule has 3 fully saturated rings. The van der Waals surface area contributed by atoms with Gasteiger partial charge in [-0.3, -0.25) is 4.79 Å². The Morgan fingerprint density at radius 2 is 2.04 bits per heavy atom. The first-order valence-electron chi connectivity index (χ1n) is 9.28. The van der Waals surface area contributed by atoms with Crippen LogP contribution in [0.5, 0.6) is 0 Å². The zero-order valence-electron chi connectivity index (χ0n) is 14.7. The summed E-state index contributed by atoms with van der Waals surface area (Å²) in [7, 11) is 0. The van der Waals surface area contributed by atoms with Crippen LogP contribution in [0, 0.1) is 28.6 Å². The molecule has 1 N–H and O–H groups in total. The van der Waals surface area contributed by atoms with Crippen molar-refractivity contribution in [2.45, 2.75) is 63.9 Å². The van der Waals surface area contributed by atoms with Gasteiger partial charge in [0, 0.05) is 17.3 Å². The third-order valence-electron chi connectivity index (χ3n) is 7.97. The number of hydrogen-bond acceptors (Lipinski definition) is 2. The van der Waals surface area contributed by atoms with Crippen LogP contribution in [-0.2, 0) is 4.79 Å². The Kier molecular flexibility index (Phi) is 3.84. The molecule has 0 aromatic carbocycles. The largest absolute Gasteiger partial charge is 0.390 e. The van der Waals surface area contributed by atoms with Crippen molar-refractivity contribution in [2.24, 2.45) is 28.6 Å².